The summed E-state index contributed by atoms with van der Waals surface area (Å²) in [5, 5.41) is 2.86. The summed E-state index contributed by atoms with van der Waals surface area (Å²) in [6, 6.07) is 8.44. The molecule has 1 aliphatic rings. The number of carbonyl (C=O) groups excluding carboxylic acids is 2. The fourth-order valence-corrected chi connectivity index (χ4v) is 2.24. The van der Waals surface area contributed by atoms with Crippen LogP contribution in [0.25, 0.3) is 0 Å². The molecule has 3 atom stereocenters. The van der Waals surface area contributed by atoms with Gasteiger partial charge in [0, 0.05) is 0 Å². The number of nitrogens with one attached hydrogen (secondary N) is 1. The van der Waals surface area contributed by atoms with Crippen molar-refractivity contribution < 1.29 is 14.3 Å². The lowest BCUT2D eigenvalue weighted by Crippen LogP contribution is -2.43. The predicted molar refractivity (Wildman–Crippen MR) is 83.8 cm³/mol. The maximum Gasteiger partial charge on any atom is 0.309 e. The van der Waals surface area contributed by atoms with E-state index in [1.807, 2.05) is 49.4 Å². The van der Waals surface area contributed by atoms with Gasteiger partial charge in [-0.3, -0.25) is 9.59 Å². The molecular weight excluding hydrogens is 280 g/mol. The Morgan fingerprint density at radius 1 is 1.14 bits per heavy atom. The van der Waals surface area contributed by atoms with Crippen LogP contribution in [0, 0.1) is 5.92 Å². The average molecular weight is 302 g/mol. The van der Waals surface area contributed by atoms with E-state index in [-0.39, 0.29) is 30.4 Å². The number of hydrogen-bond donors (Lipinski definition) is 2. The molecule has 0 aromatic heterocycles. The lowest BCUT2D eigenvalue weighted by Gasteiger charge is -2.22. The van der Waals surface area contributed by atoms with E-state index in [4.69, 9.17) is 10.5 Å². The van der Waals surface area contributed by atoms with Gasteiger partial charge in [-0.15, -0.1) is 0 Å². The molecule has 0 radical (unpaired) electrons. The predicted octanol–water partition coefficient (Wildman–Crippen LogP) is 1.70. The standard InChI is InChI=1S/C17H22N2O3/c1-12-7-5-6-10-14(18)16(20)19-15(11-22-17(12)21)13-8-3-2-4-9-13/h2-6,8-9,12,14-15H,7,10-11,18H2,1H3,(H,19,20)/t12-,14-,15+/m1/s1. The minimum atomic E-state index is -0.604. The van der Waals surface area contributed by atoms with Crippen LogP contribution in [-0.4, -0.2) is 24.5 Å². The zero-order chi connectivity index (χ0) is 15.9. The minimum Gasteiger partial charge on any atom is -0.463 e. The zero-order valence-electron chi connectivity index (χ0n) is 12.7. The van der Waals surface area contributed by atoms with Crippen molar-refractivity contribution in [3.63, 3.8) is 0 Å². The largest absolute Gasteiger partial charge is 0.463 e. The summed E-state index contributed by atoms with van der Waals surface area (Å²) in [6.45, 7) is 1.93. The highest BCUT2D eigenvalue weighted by molar-refractivity contribution is 5.82. The third kappa shape index (κ3) is 4.43. The molecule has 0 spiro atoms. The van der Waals surface area contributed by atoms with Crippen LogP contribution in [0.5, 0.6) is 0 Å². The number of rotatable bonds is 1. The third-order valence-electron chi connectivity index (χ3n) is 3.70. The number of cyclic esters (lactones) is 1. The van der Waals surface area contributed by atoms with Crippen molar-refractivity contribution in [3.8, 4) is 0 Å². The number of esters is 1. The molecule has 3 N–H and O–H groups in total. The summed E-state index contributed by atoms with van der Waals surface area (Å²) in [6.07, 6.45) is 4.75. The Labute approximate surface area is 130 Å². The van der Waals surface area contributed by atoms with E-state index in [1.54, 1.807) is 0 Å². The highest BCUT2D eigenvalue weighted by Gasteiger charge is 2.22. The fraction of sp³-hybridized carbons (Fsp3) is 0.412. The van der Waals surface area contributed by atoms with Gasteiger partial charge in [0.2, 0.25) is 5.91 Å². The van der Waals surface area contributed by atoms with Crippen LogP contribution >= 0.6 is 0 Å². The van der Waals surface area contributed by atoms with E-state index in [1.165, 1.54) is 0 Å². The van der Waals surface area contributed by atoms with Crippen molar-refractivity contribution in [2.75, 3.05) is 6.61 Å². The van der Waals surface area contributed by atoms with Gasteiger partial charge in [-0.2, -0.15) is 0 Å². The number of amides is 1. The molecule has 1 heterocycles. The highest BCUT2D eigenvalue weighted by Crippen LogP contribution is 2.16. The molecular formula is C17H22N2O3. The molecule has 0 fully saturated rings. The molecule has 1 aliphatic heterocycles. The quantitative estimate of drug-likeness (QED) is 0.611. The Kier molecular flexibility index (Phi) is 5.72. The van der Waals surface area contributed by atoms with Gasteiger partial charge >= 0.3 is 5.97 Å². The van der Waals surface area contributed by atoms with Crippen molar-refractivity contribution in [1.29, 1.82) is 0 Å². The summed E-state index contributed by atoms with van der Waals surface area (Å²) in [7, 11) is 0. The molecule has 22 heavy (non-hydrogen) atoms. The fourth-order valence-electron chi connectivity index (χ4n) is 2.24. The van der Waals surface area contributed by atoms with Gasteiger partial charge in [0.15, 0.2) is 0 Å². The Balaban J connectivity index is 2.19. The van der Waals surface area contributed by atoms with Crippen LogP contribution in [0.2, 0.25) is 0 Å². The second-order valence-electron chi connectivity index (χ2n) is 5.55. The average Bonchev–Trinajstić information content (AvgIpc) is 2.54. The van der Waals surface area contributed by atoms with Crippen molar-refractivity contribution in [2.45, 2.75) is 31.8 Å². The maximum atomic E-state index is 12.1. The number of nitrogens with two attached hydrogens (primary N) is 1. The topological polar surface area (TPSA) is 81.4 Å². The number of benzene rings is 1. The smallest absolute Gasteiger partial charge is 0.309 e. The Bertz CT molecular complexity index is 542. The first-order valence-electron chi connectivity index (χ1n) is 7.50. The Hall–Kier alpha value is -2.14. The Morgan fingerprint density at radius 2 is 1.82 bits per heavy atom. The number of carbonyl (C=O) groups is 2. The summed E-state index contributed by atoms with van der Waals surface area (Å²) >= 11 is 0. The molecule has 1 aromatic carbocycles. The molecule has 0 saturated carbocycles. The van der Waals surface area contributed by atoms with Gasteiger partial charge < -0.3 is 15.8 Å². The van der Waals surface area contributed by atoms with E-state index in [2.05, 4.69) is 5.32 Å². The van der Waals surface area contributed by atoms with Gasteiger partial charge in [-0.05, 0) is 18.4 Å². The molecule has 5 nitrogen and oxygen atoms in total. The van der Waals surface area contributed by atoms with Crippen LogP contribution in [0.1, 0.15) is 31.4 Å². The van der Waals surface area contributed by atoms with E-state index in [0.29, 0.717) is 12.8 Å². The SMILES string of the molecule is C[C@@H]1CC=CC[C@@H](N)C(=O)N[C@H](c2ccccc2)COC1=O. The lowest BCUT2D eigenvalue weighted by atomic mass is 10.0. The van der Waals surface area contributed by atoms with Crippen LogP contribution in [0.15, 0.2) is 42.5 Å². The van der Waals surface area contributed by atoms with Gasteiger partial charge in [0.1, 0.15) is 6.61 Å². The first-order chi connectivity index (χ1) is 10.6. The lowest BCUT2D eigenvalue weighted by molar-refractivity contribution is -0.149. The van der Waals surface area contributed by atoms with Gasteiger partial charge in [-0.25, -0.2) is 0 Å². The van der Waals surface area contributed by atoms with Crippen molar-refractivity contribution in [2.24, 2.45) is 11.7 Å². The first kappa shape index (κ1) is 16.2. The molecule has 5 heteroatoms. The molecule has 118 valence electrons. The number of ether oxygens (including phenoxy) is 1. The first-order valence-corrected chi connectivity index (χ1v) is 7.50. The highest BCUT2D eigenvalue weighted by atomic mass is 16.5. The maximum absolute atomic E-state index is 12.1. The second kappa shape index (κ2) is 7.75. The van der Waals surface area contributed by atoms with E-state index < -0.39 is 6.04 Å². The van der Waals surface area contributed by atoms with Crippen molar-refractivity contribution >= 4 is 11.9 Å². The molecule has 0 bridgehead atoms. The van der Waals surface area contributed by atoms with Crippen molar-refractivity contribution in [1.82, 2.24) is 5.32 Å². The molecule has 1 amide bonds. The number of allylic oxidation sites excluding steroid dienone is 1. The summed E-state index contributed by atoms with van der Waals surface area (Å²) in [4.78, 5) is 24.1. The normalized spacial score (nSPS) is 27.3. The second-order valence-corrected chi connectivity index (χ2v) is 5.55. The van der Waals surface area contributed by atoms with E-state index in [0.717, 1.165) is 5.56 Å². The Morgan fingerprint density at radius 3 is 2.55 bits per heavy atom. The van der Waals surface area contributed by atoms with Crippen LogP contribution in [0.4, 0.5) is 0 Å². The van der Waals surface area contributed by atoms with Gasteiger partial charge in [0.05, 0.1) is 18.0 Å². The summed E-state index contributed by atoms with van der Waals surface area (Å²) < 4.78 is 5.35. The van der Waals surface area contributed by atoms with E-state index in [9.17, 15) is 9.59 Å². The molecule has 1 aromatic rings. The van der Waals surface area contributed by atoms with Crippen molar-refractivity contribution in [3.05, 3.63) is 48.0 Å². The molecule has 0 unspecified atom stereocenters. The monoisotopic (exact) mass is 302 g/mol. The van der Waals surface area contributed by atoms with Crippen LogP contribution in [-0.2, 0) is 14.3 Å². The van der Waals surface area contributed by atoms with Crippen LogP contribution in [0.3, 0.4) is 0 Å². The molecule has 0 saturated heterocycles. The molecule has 2 rings (SSSR count). The molecule has 0 aliphatic carbocycles. The minimum absolute atomic E-state index is 0.107. The van der Waals surface area contributed by atoms with Crippen LogP contribution < -0.4 is 11.1 Å². The summed E-state index contributed by atoms with van der Waals surface area (Å²) in [5.41, 5.74) is 6.77. The summed E-state index contributed by atoms with van der Waals surface area (Å²) in [5.74, 6) is -0.716. The number of hydrogen-bond acceptors (Lipinski definition) is 4. The van der Waals surface area contributed by atoms with E-state index >= 15 is 0 Å². The third-order valence-corrected chi connectivity index (χ3v) is 3.70. The zero-order valence-corrected chi connectivity index (χ0v) is 12.7. The van der Waals surface area contributed by atoms with Gasteiger partial charge in [-0.1, -0.05) is 49.4 Å². The van der Waals surface area contributed by atoms with Gasteiger partial charge in [0.25, 0.3) is 0 Å².